The summed E-state index contributed by atoms with van der Waals surface area (Å²) in [5.41, 5.74) is 0.856. The minimum Gasteiger partial charge on any atom is -0.340 e. The first-order valence-electron chi connectivity index (χ1n) is 7.63. The van der Waals surface area contributed by atoms with Crippen LogP contribution in [0, 0.1) is 0 Å². The molecule has 7 heteroatoms. The van der Waals surface area contributed by atoms with Crippen LogP contribution in [-0.4, -0.2) is 37.9 Å². The number of aromatic nitrogens is 3. The fourth-order valence-electron chi connectivity index (χ4n) is 2.27. The first-order valence-corrected chi connectivity index (χ1v) is 8.51. The van der Waals surface area contributed by atoms with Gasteiger partial charge in [-0.15, -0.1) is 5.10 Å². The number of benzene rings is 1. The highest BCUT2D eigenvalue weighted by Crippen LogP contribution is 2.22. The molecule has 0 radical (unpaired) electrons. The summed E-state index contributed by atoms with van der Waals surface area (Å²) < 4.78 is 1.58. The van der Waals surface area contributed by atoms with Gasteiger partial charge in [0.25, 0.3) is 0 Å². The molecule has 0 aliphatic rings. The van der Waals surface area contributed by atoms with Crippen molar-refractivity contribution >= 4 is 17.7 Å². The molecule has 1 atom stereocenters. The standard InChI is InChI=1S/C16H22N4O2S/c1-4-10-20-15(22)17-18-16(20)23-12(2)14(21)19(3)11-13-8-6-5-7-9-13/h5-9,12H,4,10-11H2,1-3H3,(H,17,22). The first kappa shape index (κ1) is 17.3. The largest absolute Gasteiger partial charge is 0.343 e. The lowest BCUT2D eigenvalue weighted by molar-refractivity contribution is -0.129. The van der Waals surface area contributed by atoms with E-state index in [0.717, 1.165) is 12.0 Å². The third kappa shape index (κ3) is 4.48. The Morgan fingerprint density at radius 1 is 1.39 bits per heavy atom. The maximum absolute atomic E-state index is 12.5. The minimum atomic E-state index is -0.311. The SMILES string of the molecule is CCCn1c(SC(C)C(=O)N(C)Cc2ccccc2)n[nH]c1=O. The molecule has 0 saturated carbocycles. The summed E-state index contributed by atoms with van der Waals surface area (Å²) >= 11 is 1.31. The van der Waals surface area contributed by atoms with Crippen molar-refractivity contribution in [2.45, 2.75) is 43.8 Å². The summed E-state index contributed by atoms with van der Waals surface area (Å²) in [5, 5.41) is 6.72. The van der Waals surface area contributed by atoms with E-state index in [0.29, 0.717) is 18.2 Å². The number of nitrogens with zero attached hydrogens (tertiary/aromatic N) is 3. The Hall–Kier alpha value is -2.02. The van der Waals surface area contributed by atoms with Crippen molar-refractivity contribution in [1.82, 2.24) is 19.7 Å². The van der Waals surface area contributed by atoms with Crippen LogP contribution in [-0.2, 0) is 17.9 Å². The molecule has 1 heterocycles. The van der Waals surface area contributed by atoms with Gasteiger partial charge in [-0.05, 0) is 18.9 Å². The summed E-state index contributed by atoms with van der Waals surface area (Å²) in [7, 11) is 1.79. The van der Waals surface area contributed by atoms with Crippen molar-refractivity contribution in [2.75, 3.05) is 7.05 Å². The van der Waals surface area contributed by atoms with Crippen molar-refractivity contribution in [3.63, 3.8) is 0 Å². The molecule has 1 unspecified atom stereocenters. The molecule has 2 rings (SSSR count). The number of nitrogens with one attached hydrogen (secondary N) is 1. The van der Waals surface area contributed by atoms with Crippen LogP contribution >= 0.6 is 11.8 Å². The highest BCUT2D eigenvalue weighted by molar-refractivity contribution is 8.00. The van der Waals surface area contributed by atoms with Gasteiger partial charge in [0.2, 0.25) is 5.91 Å². The molecule has 6 nitrogen and oxygen atoms in total. The van der Waals surface area contributed by atoms with E-state index in [4.69, 9.17) is 0 Å². The molecule has 0 fully saturated rings. The van der Waals surface area contributed by atoms with Crippen molar-refractivity contribution < 1.29 is 4.79 Å². The zero-order chi connectivity index (χ0) is 16.8. The lowest BCUT2D eigenvalue weighted by Crippen LogP contribution is -2.33. The zero-order valence-electron chi connectivity index (χ0n) is 13.7. The Balaban J connectivity index is 2.01. The second kappa shape index (κ2) is 8.01. The van der Waals surface area contributed by atoms with Gasteiger partial charge in [-0.1, -0.05) is 49.0 Å². The molecule has 1 amide bonds. The molecule has 0 saturated heterocycles. The molecule has 1 N–H and O–H groups in total. The zero-order valence-corrected chi connectivity index (χ0v) is 14.5. The average molecular weight is 334 g/mol. The van der Waals surface area contributed by atoms with Crippen molar-refractivity contribution in [3.05, 3.63) is 46.4 Å². The van der Waals surface area contributed by atoms with Crippen LogP contribution in [0.15, 0.2) is 40.3 Å². The van der Waals surface area contributed by atoms with Gasteiger partial charge < -0.3 is 4.90 Å². The number of thioether (sulfide) groups is 1. The van der Waals surface area contributed by atoms with E-state index < -0.39 is 0 Å². The third-order valence-electron chi connectivity index (χ3n) is 3.44. The van der Waals surface area contributed by atoms with Crippen LogP contribution in [0.1, 0.15) is 25.8 Å². The van der Waals surface area contributed by atoms with E-state index in [-0.39, 0.29) is 16.8 Å². The molecule has 1 aromatic heterocycles. The van der Waals surface area contributed by atoms with Gasteiger partial charge in [0, 0.05) is 20.1 Å². The Morgan fingerprint density at radius 3 is 2.74 bits per heavy atom. The molecule has 2 aromatic rings. The molecule has 0 aliphatic heterocycles. The molecule has 0 aliphatic carbocycles. The number of hydrogen-bond acceptors (Lipinski definition) is 4. The second-order valence-corrected chi connectivity index (χ2v) is 6.71. The number of amides is 1. The third-order valence-corrected chi connectivity index (χ3v) is 4.52. The smallest absolute Gasteiger partial charge is 0.340 e. The Labute approximate surface area is 139 Å². The van der Waals surface area contributed by atoms with Gasteiger partial charge >= 0.3 is 5.69 Å². The minimum absolute atomic E-state index is 0.0114. The summed E-state index contributed by atoms with van der Waals surface area (Å²) in [4.78, 5) is 25.9. The maximum atomic E-state index is 12.5. The number of H-pyrrole nitrogens is 1. The van der Waals surface area contributed by atoms with Crippen LogP contribution in [0.2, 0.25) is 0 Å². The predicted molar refractivity (Wildman–Crippen MR) is 91.4 cm³/mol. The Kier molecular flexibility index (Phi) is 6.04. The molecule has 23 heavy (non-hydrogen) atoms. The van der Waals surface area contributed by atoms with Crippen LogP contribution < -0.4 is 5.69 Å². The summed E-state index contributed by atoms with van der Waals surface area (Å²) in [6, 6.07) is 9.86. The average Bonchev–Trinajstić information content (AvgIpc) is 2.88. The lowest BCUT2D eigenvalue weighted by Gasteiger charge is -2.21. The van der Waals surface area contributed by atoms with Crippen molar-refractivity contribution in [3.8, 4) is 0 Å². The lowest BCUT2D eigenvalue weighted by atomic mass is 10.2. The Bertz CT molecular complexity index is 696. The van der Waals surface area contributed by atoms with Crippen LogP contribution in [0.3, 0.4) is 0 Å². The van der Waals surface area contributed by atoms with E-state index >= 15 is 0 Å². The normalized spacial score (nSPS) is 12.1. The summed E-state index contributed by atoms with van der Waals surface area (Å²) in [6.07, 6.45) is 0.837. The fraction of sp³-hybridized carbons (Fsp3) is 0.438. The number of carbonyl (C=O) groups excluding carboxylic acids is 1. The Morgan fingerprint density at radius 2 is 2.09 bits per heavy atom. The summed E-state index contributed by atoms with van der Waals surface area (Å²) in [6.45, 7) is 4.99. The molecule has 0 bridgehead atoms. The quantitative estimate of drug-likeness (QED) is 0.787. The van der Waals surface area contributed by atoms with E-state index in [9.17, 15) is 9.59 Å². The number of rotatable bonds is 7. The van der Waals surface area contributed by atoms with Gasteiger partial charge in [-0.2, -0.15) is 0 Å². The number of hydrogen-bond donors (Lipinski definition) is 1. The van der Waals surface area contributed by atoms with Crippen molar-refractivity contribution in [2.24, 2.45) is 0 Å². The molecule has 1 aromatic carbocycles. The number of aromatic amines is 1. The van der Waals surface area contributed by atoms with Crippen molar-refractivity contribution in [1.29, 1.82) is 0 Å². The maximum Gasteiger partial charge on any atom is 0.343 e. The van der Waals surface area contributed by atoms with E-state index in [2.05, 4.69) is 10.2 Å². The van der Waals surface area contributed by atoms with Crippen LogP contribution in [0.25, 0.3) is 0 Å². The van der Waals surface area contributed by atoms with E-state index in [1.807, 2.05) is 44.2 Å². The van der Waals surface area contributed by atoms with E-state index in [1.165, 1.54) is 11.8 Å². The monoisotopic (exact) mass is 334 g/mol. The van der Waals surface area contributed by atoms with Crippen LogP contribution in [0.4, 0.5) is 0 Å². The number of carbonyl (C=O) groups is 1. The first-order chi connectivity index (χ1) is 11.0. The molecule has 0 spiro atoms. The second-order valence-electron chi connectivity index (χ2n) is 5.40. The topological polar surface area (TPSA) is 71.0 Å². The predicted octanol–water partition coefficient (Wildman–Crippen LogP) is 2.12. The van der Waals surface area contributed by atoms with Crippen LogP contribution in [0.5, 0.6) is 0 Å². The summed E-state index contributed by atoms with van der Waals surface area (Å²) in [5.74, 6) is 0.0114. The highest BCUT2D eigenvalue weighted by atomic mass is 32.2. The molecular formula is C16H22N4O2S. The van der Waals surface area contributed by atoms with E-state index in [1.54, 1.807) is 16.5 Å². The molecule has 124 valence electrons. The highest BCUT2D eigenvalue weighted by Gasteiger charge is 2.21. The van der Waals surface area contributed by atoms with Gasteiger partial charge in [0.1, 0.15) is 0 Å². The van der Waals surface area contributed by atoms with Gasteiger partial charge in [-0.3, -0.25) is 9.36 Å². The van der Waals surface area contributed by atoms with Gasteiger partial charge in [0.15, 0.2) is 5.16 Å². The molecular weight excluding hydrogens is 312 g/mol. The fourth-order valence-corrected chi connectivity index (χ4v) is 3.26. The van der Waals surface area contributed by atoms with Gasteiger partial charge in [-0.25, -0.2) is 9.89 Å². The van der Waals surface area contributed by atoms with Gasteiger partial charge in [0.05, 0.1) is 5.25 Å².